The Morgan fingerprint density at radius 3 is 2.55 bits per heavy atom. The molecule has 114 valence electrons. The van der Waals surface area contributed by atoms with E-state index in [1.54, 1.807) is 19.1 Å². The molecule has 0 radical (unpaired) electrons. The van der Waals surface area contributed by atoms with Crippen molar-refractivity contribution in [1.29, 1.82) is 0 Å². The van der Waals surface area contributed by atoms with Gasteiger partial charge in [-0.1, -0.05) is 20.8 Å². The number of anilines is 2. The van der Waals surface area contributed by atoms with Crippen molar-refractivity contribution in [2.24, 2.45) is 5.92 Å². The third-order valence-electron chi connectivity index (χ3n) is 3.10. The summed E-state index contributed by atoms with van der Waals surface area (Å²) in [6, 6.07) is 4.81. The zero-order valence-electron chi connectivity index (χ0n) is 12.7. The minimum absolute atomic E-state index is 0.250. The zero-order valence-corrected chi connectivity index (χ0v) is 13.5. The molecular formula is C14H25N3O2S. The van der Waals surface area contributed by atoms with Gasteiger partial charge in [0.25, 0.3) is 0 Å². The van der Waals surface area contributed by atoms with Crippen LogP contribution in [0.3, 0.4) is 0 Å². The van der Waals surface area contributed by atoms with Crippen molar-refractivity contribution >= 4 is 21.4 Å². The van der Waals surface area contributed by atoms with E-state index in [0.29, 0.717) is 18.2 Å². The Morgan fingerprint density at radius 1 is 1.35 bits per heavy atom. The third-order valence-corrected chi connectivity index (χ3v) is 4.64. The van der Waals surface area contributed by atoms with E-state index < -0.39 is 10.0 Å². The molecule has 0 saturated carbocycles. The lowest BCUT2D eigenvalue weighted by molar-refractivity contribution is 0.582. The Labute approximate surface area is 122 Å². The van der Waals surface area contributed by atoms with Crippen molar-refractivity contribution < 1.29 is 8.42 Å². The molecule has 6 heteroatoms. The average Bonchev–Trinajstić information content (AvgIpc) is 2.36. The first kappa shape index (κ1) is 16.8. The first-order chi connectivity index (χ1) is 9.27. The van der Waals surface area contributed by atoms with E-state index in [1.165, 1.54) is 6.07 Å². The van der Waals surface area contributed by atoms with Gasteiger partial charge in [-0.15, -0.1) is 0 Å². The fourth-order valence-corrected chi connectivity index (χ4v) is 2.93. The second-order valence-corrected chi connectivity index (χ2v) is 7.09. The highest BCUT2D eigenvalue weighted by Crippen LogP contribution is 2.26. The smallest absolute Gasteiger partial charge is 0.240 e. The molecule has 0 aliphatic carbocycles. The molecule has 0 heterocycles. The quantitative estimate of drug-likeness (QED) is 0.756. The minimum atomic E-state index is -3.45. The van der Waals surface area contributed by atoms with Crippen LogP contribution < -0.4 is 15.4 Å². The summed E-state index contributed by atoms with van der Waals surface area (Å²) in [6.07, 6.45) is 1.03. The van der Waals surface area contributed by atoms with Gasteiger partial charge in [0.1, 0.15) is 0 Å². The number of nitrogens with two attached hydrogens (primary N) is 1. The van der Waals surface area contributed by atoms with Crippen LogP contribution in [0.4, 0.5) is 11.4 Å². The predicted molar refractivity (Wildman–Crippen MR) is 84.4 cm³/mol. The Kier molecular flexibility index (Phi) is 5.83. The highest BCUT2D eigenvalue weighted by molar-refractivity contribution is 7.89. The van der Waals surface area contributed by atoms with Gasteiger partial charge in [0.2, 0.25) is 10.0 Å². The first-order valence-electron chi connectivity index (χ1n) is 6.88. The van der Waals surface area contributed by atoms with E-state index in [-0.39, 0.29) is 4.90 Å². The van der Waals surface area contributed by atoms with Crippen LogP contribution in [0.15, 0.2) is 23.1 Å². The van der Waals surface area contributed by atoms with Gasteiger partial charge in [-0.2, -0.15) is 0 Å². The second-order valence-electron chi connectivity index (χ2n) is 5.33. The maximum absolute atomic E-state index is 12.0. The number of benzene rings is 1. The Hall–Kier alpha value is -1.27. The van der Waals surface area contributed by atoms with E-state index in [4.69, 9.17) is 5.73 Å². The minimum Gasteiger partial charge on any atom is -0.397 e. The van der Waals surface area contributed by atoms with E-state index in [0.717, 1.165) is 18.7 Å². The number of hydrogen-bond donors (Lipinski definition) is 2. The molecule has 0 fully saturated rings. The van der Waals surface area contributed by atoms with Crippen molar-refractivity contribution in [3.8, 4) is 0 Å². The summed E-state index contributed by atoms with van der Waals surface area (Å²) in [6.45, 7) is 7.27. The Balaban J connectivity index is 3.03. The lowest BCUT2D eigenvalue weighted by atomic mass is 10.1. The summed E-state index contributed by atoms with van der Waals surface area (Å²) < 4.78 is 26.5. The molecule has 3 N–H and O–H groups in total. The van der Waals surface area contributed by atoms with Crippen molar-refractivity contribution in [2.75, 3.05) is 30.8 Å². The number of sulfonamides is 1. The van der Waals surface area contributed by atoms with Gasteiger partial charge >= 0.3 is 0 Å². The topological polar surface area (TPSA) is 75.4 Å². The van der Waals surface area contributed by atoms with Crippen LogP contribution in [-0.4, -0.2) is 28.6 Å². The van der Waals surface area contributed by atoms with Gasteiger partial charge in [0, 0.05) is 20.1 Å². The first-order valence-corrected chi connectivity index (χ1v) is 8.36. The summed E-state index contributed by atoms with van der Waals surface area (Å²) in [4.78, 5) is 2.25. The third kappa shape index (κ3) is 4.38. The van der Waals surface area contributed by atoms with Crippen LogP contribution in [0.25, 0.3) is 0 Å². The number of rotatable bonds is 7. The number of nitrogens with one attached hydrogen (secondary N) is 1. The predicted octanol–water partition coefficient (Wildman–Crippen LogP) is 2.05. The van der Waals surface area contributed by atoms with Crippen LogP contribution in [0.2, 0.25) is 0 Å². The highest BCUT2D eigenvalue weighted by atomic mass is 32.2. The summed E-state index contributed by atoms with van der Waals surface area (Å²) in [7, 11) is -1.52. The fraction of sp³-hybridized carbons (Fsp3) is 0.571. The molecule has 0 aromatic heterocycles. The molecule has 0 aliphatic rings. The van der Waals surface area contributed by atoms with Gasteiger partial charge in [-0.25, -0.2) is 13.1 Å². The summed E-state index contributed by atoms with van der Waals surface area (Å²) in [5.41, 5.74) is 7.30. The molecule has 0 amide bonds. The lowest BCUT2D eigenvalue weighted by Crippen LogP contribution is -2.25. The molecule has 0 saturated heterocycles. The summed E-state index contributed by atoms with van der Waals surface area (Å²) >= 11 is 0. The number of nitrogen functional groups attached to an aromatic ring is 1. The molecule has 1 aromatic carbocycles. The molecule has 0 aliphatic heterocycles. The van der Waals surface area contributed by atoms with Gasteiger partial charge in [0.15, 0.2) is 0 Å². The Morgan fingerprint density at radius 2 is 2.00 bits per heavy atom. The van der Waals surface area contributed by atoms with E-state index >= 15 is 0 Å². The average molecular weight is 299 g/mol. The normalized spacial score (nSPS) is 11.8. The van der Waals surface area contributed by atoms with Crippen molar-refractivity contribution in [3.63, 3.8) is 0 Å². The van der Waals surface area contributed by atoms with Crippen LogP contribution >= 0.6 is 0 Å². The van der Waals surface area contributed by atoms with Crippen molar-refractivity contribution in [2.45, 2.75) is 32.1 Å². The van der Waals surface area contributed by atoms with Gasteiger partial charge in [-0.05, 0) is 30.5 Å². The number of nitrogens with zero attached hydrogens (tertiary/aromatic N) is 1. The summed E-state index contributed by atoms with van der Waals surface area (Å²) in [5.74, 6) is 0.590. The molecular weight excluding hydrogens is 274 g/mol. The molecule has 0 unspecified atom stereocenters. The maximum atomic E-state index is 12.0. The van der Waals surface area contributed by atoms with Crippen LogP contribution in [-0.2, 0) is 10.0 Å². The molecule has 0 atom stereocenters. The second kappa shape index (κ2) is 6.95. The molecule has 5 nitrogen and oxygen atoms in total. The van der Waals surface area contributed by atoms with Crippen LogP contribution in [0.1, 0.15) is 27.2 Å². The summed E-state index contributed by atoms with van der Waals surface area (Å²) in [5, 5.41) is 0. The molecule has 0 bridgehead atoms. The van der Waals surface area contributed by atoms with E-state index in [9.17, 15) is 8.42 Å². The van der Waals surface area contributed by atoms with E-state index in [2.05, 4.69) is 18.6 Å². The van der Waals surface area contributed by atoms with Gasteiger partial charge < -0.3 is 10.6 Å². The van der Waals surface area contributed by atoms with Gasteiger partial charge in [-0.3, -0.25) is 0 Å². The monoisotopic (exact) mass is 299 g/mol. The zero-order chi connectivity index (χ0) is 15.3. The SMILES string of the molecule is CCNS(=O)(=O)c1ccc(N)c(N(C)CCC(C)C)c1. The fourth-order valence-electron chi connectivity index (χ4n) is 1.87. The van der Waals surface area contributed by atoms with Crippen LogP contribution in [0.5, 0.6) is 0 Å². The van der Waals surface area contributed by atoms with Crippen molar-refractivity contribution in [1.82, 2.24) is 4.72 Å². The largest absolute Gasteiger partial charge is 0.397 e. The highest BCUT2D eigenvalue weighted by Gasteiger charge is 2.16. The van der Waals surface area contributed by atoms with Crippen molar-refractivity contribution in [3.05, 3.63) is 18.2 Å². The Bertz CT molecular complexity index is 541. The molecule has 0 spiro atoms. The molecule has 1 rings (SSSR count). The van der Waals surface area contributed by atoms with E-state index in [1.807, 2.05) is 11.9 Å². The van der Waals surface area contributed by atoms with Gasteiger partial charge in [0.05, 0.1) is 16.3 Å². The number of hydrogen-bond acceptors (Lipinski definition) is 4. The molecule has 20 heavy (non-hydrogen) atoms. The maximum Gasteiger partial charge on any atom is 0.240 e. The standard InChI is InChI=1S/C14H25N3O2S/c1-5-16-20(18,19)12-6-7-13(15)14(10-12)17(4)9-8-11(2)3/h6-7,10-11,16H,5,8-9,15H2,1-4H3. The lowest BCUT2D eigenvalue weighted by Gasteiger charge is -2.22. The van der Waals surface area contributed by atoms with Crippen LogP contribution in [0, 0.1) is 5.92 Å². The molecule has 1 aromatic rings.